The Balaban J connectivity index is 1.57. The molecular weight excluding hydrogens is 326 g/mol. The topological polar surface area (TPSA) is 49.6 Å². The standard InChI is InChI=1S/C21H21N3O2/c1-15-7-9-16(10-8-15)18-13-20(26-22-18)21(25)24-12-11-23(2)19-6-4-3-5-17(19)14-24/h3-10,13H,11-12,14H2,1-2H3. The molecule has 2 heterocycles. The van der Waals surface area contributed by atoms with Crippen molar-refractivity contribution in [3.8, 4) is 11.3 Å². The summed E-state index contributed by atoms with van der Waals surface area (Å²) in [6, 6.07) is 17.9. The second-order valence-corrected chi connectivity index (χ2v) is 6.72. The van der Waals surface area contributed by atoms with Gasteiger partial charge in [0.25, 0.3) is 5.91 Å². The lowest BCUT2D eigenvalue weighted by Gasteiger charge is -2.19. The monoisotopic (exact) mass is 347 g/mol. The molecule has 0 saturated carbocycles. The second-order valence-electron chi connectivity index (χ2n) is 6.72. The second kappa shape index (κ2) is 6.67. The zero-order valence-corrected chi connectivity index (χ0v) is 15.0. The summed E-state index contributed by atoms with van der Waals surface area (Å²) in [6.45, 7) is 4.03. The maximum absolute atomic E-state index is 12.9. The number of amides is 1. The molecule has 132 valence electrons. The first kappa shape index (κ1) is 16.4. The van der Waals surface area contributed by atoms with Crippen LogP contribution in [-0.4, -0.2) is 36.1 Å². The Labute approximate surface area is 152 Å². The van der Waals surface area contributed by atoms with E-state index in [0.717, 1.165) is 17.7 Å². The number of aryl methyl sites for hydroxylation is 1. The minimum atomic E-state index is -0.124. The number of carbonyl (C=O) groups excluding carboxylic acids is 1. The Bertz CT molecular complexity index is 930. The maximum atomic E-state index is 12.9. The molecule has 1 amide bonds. The molecule has 0 saturated heterocycles. The molecule has 0 N–H and O–H groups in total. The number of hydrogen-bond donors (Lipinski definition) is 0. The van der Waals surface area contributed by atoms with Crippen molar-refractivity contribution in [1.29, 1.82) is 0 Å². The Morgan fingerprint density at radius 2 is 1.85 bits per heavy atom. The fourth-order valence-electron chi connectivity index (χ4n) is 3.26. The predicted octanol–water partition coefficient (Wildman–Crippen LogP) is 3.74. The number of fused-ring (bicyclic) bond motifs is 1. The number of anilines is 1. The van der Waals surface area contributed by atoms with Gasteiger partial charge in [0.15, 0.2) is 0 Å². The van der Waals surface area contributed by atoms with E-state index in [1.54, 1.807) is 6.07 Å². The van der Waals surface area contributed by atoms with Gasteiger partial charge in [-0.15, -0.1) is 0 Å². The van der Waals surface area contributed by atoms with Gasteiger partial charge in [-0.25, -0.2) is 0 Å². The van der Waals surface area contributed by atoms with Crippen molar-refractivity contribution in [1.82, 2.24) is 10.1 Å². The number of nitrogens with zero attached hydrogens (tertiary/aromatic N) is 3. The smallest absolute Gasteiger partial charge is 0.292 e. The first-order chi connectivity index (χ1) is 12.6. The van der Waals surface area contributed by atoms with Crippen LogP contribution in [0.2, 0.25) is 0 Å². The van der Waals surface area contributed by atoms with Crippen molar-refractivity contribution < 1.29 is 9.32 Å². The predicted molar refractivity (Wildman–Crippen MR) is 101 cm³/mol. The normalized spacial score (nSPS) is 14.1. The van der Waals surface area contributed by atoms with Gasteiger partial charge >= 0.3 is 0 Å². The van der Waals surface area contributed by atoms with E-state index in [2.05, 4.69) is 29.2 Å². The van der Waals surface area contributed by atoms with Crippen LogP contribution in [0, 0.1) is 6.92 Å². The molecule has 2 aromatic carbocycles. The van der Waals surface area contributed by atoms with Gasteiger partial charge in [-0.1, -0.05) is 53.2 Å². The summed E-state index contributed by atoms with van der Waals surface area (Å²) in [4.78, 5) is 16.9. The highest BCUT2D eigenvalue weighted by Crippen LogP contribution is 2.25. The highest BCUT2D eigenvalue weighted by molar-refractivity contribution is 5.92. The minimum absolute atomic E-state index is 0.124. The van der Waals surface area contributed by atoms with E-state index in [1.165, 1.54) is 11.3 Å². The molecule has 0 unspecified atom stereocenters. The third-order valence-electron chi connectivity index (χ3n) is 4.82. The quantitative estimate of drug-likeness (QED) is 0.708. The lowest BCUT2D eigenvalue weighted by molar-refractivity contribution is 0.0709. The van der Waals surface area contributed by atoms with Crippen molar-refractivity contribution in [2.75, 3.05) is 25.0 Å². The Morgan fingerprint density at radius 1 is 1.08 bits per heavy atom. The molecule has 0 radical (unpaired) electrons. The average Bonchev–Trinajstić information content (AvgIpc) is 3.08. The highest BCUT2D eigenvalue weighted by Gasteiger charge is 2.25. The molecule has 5 heteroatoms. The van der Waals surface area contributed by atoms with Gasteiger partial charge < -0.3 is 14.3 Å². The molecule has 0 spiro atoms. The van der Waals surface area contributed by atoms with E-state index in [4.69, 9.17) is 4.52 Å². The van der Waals surface area contributed by atoms with Gasteiger partial charge in [-0.2, -0.15) is 0 Å². The van der Waals surface area contributed by atoms with Gasteiger partial charge in [-0.3, -0.25) is 4.79 Å². The average molecular weight is 347 g/mol. The number of rotatable bonds is 2. The minimum Gasteiger partial charge on any atom is -0.373 e. The van der Waals surface area contributed by atoms with E-state index in [0.29, 0.717) is 18.8 Å². The molecular formula is C21H21N3O2. The van der Waals surface area contributed by atoms with Crippen LogP contribution in [0.1, 0.15) is 21.7 Å². The van der Waals surface area contributed by atoms with Gasteiger partial charge in [0.2, 0.25) is 5.76 Å². The highest BCUT2D eigenvalue weighted by atomic mass is 16.5. The summed E-state index contributed by atoms with van der Waals surface area (Å²) in [5.41, 5.74) is 5.11. The van der Waals surface area contributed by atoms with Crippen molar-refractivity contribution >= 4 is 11.6 Å². The maximum Gasteiger partial charge on any atom is 0.292 e. The van der Waals surface area contributed by atoms with Crippen LogP contribution in [0.4, 0.5) is 5.69 Å². The fourth-order valence-corrected chi connectivity index (χ4v) is 3.26. The Kier molecular flexibility index (Phi) is 4.21. The van der Waals surface area contributed by atoms with E-state index in [-0.39, 0.29) is 11.7 Å². The molecule has 3 aromatic rings. The van der Waals surface area contributed by atoms with Crippen LogP contribution in [0.15, 0.2) is 59.1 Å². The number of para-hydroxylation sites is 1. The van der Waals surface area contributed by atoms with Gasteiger partial charge in [0.05, 0.1) is 0 Å². The van der Waals surface area contributed by atoms with Gasteiger partial charge in [0, 0.05) is 44.0 Å². The van der Waals surface area contributed by atoms with E-state index >= 15 is 0 Å². The molecule has 5 nitrogen and oxygen atoms in total. The molecule has 0 bridgehead atoms. The van der Waals surface area contributed by atoms with Crippen LogP contribution in [0.5, 0.6) is 0 Å². The first-order valence-corrected chi connectivity index (χ1v) is 8.74. The van der Waals surface area contributed by atoms with Crippen LogP contribution in [0.25, 0.3) is 11.3 Å². The van der Waals surface area contributed by atoms with Gasteiger partial charge in [0.1, 0.15) is 5.69 Å². The molecule has 26 heavy (non-hydrogen) atoms. The Hall–Kier alpha value is -3.08. The van der Waals surface area contributed by atoms with Crippen molar-refractivity contribution in [2.24, 2.45) is 0 Å². The third kappa shape index (κ3) is 3.08. The van der Waals surface area contributed by atoms with E-state index in [1.807, 2.05) is 48.2 Å². The zero-order valence-electron chi connectivity index (χ0n) is 15.0. The zero-order chi connectivity index (χ0) is 18.1. The number of benzene rings is 2. The van der Waals surface area contributed by atoms with Crippen molar-refractivity contribution in [3.05, 3.63) is 71.5 Å². The van der Waals surface area contributed by atoms with Crippen LogP contribution < -0.4 is 4.90 Å². The summed E-state index contributed by atoms with van der Waals surface area (Å²) in [6.07, 6.45) is 0. The van der Waals surface area contributed by atoms with Crippen LogP contribution in [-0.2, 0) is 6.54 Å². The summed E-state index contributed by atoms with van der Waals surface area (Å²) >= 11 is 0. The van der Waals surface area contributed by atoms with E-state index in [9.17, 15) is 4.79 Å². The number of aromatic nitrogens is 1. The number of carbonyl (C=O) groups is 1. The number of hydrogen-bond acceptors (Lipinski definition) is 4. The largest absolute Gasteiger partial charge is 0.373 e. The van der Waals surface area contributed by atoms with Crippen molar-refractivity contribution in [2.45, 2.75) is 13.5 Å². The third-order valence-corrected chi connectivity index (χ3v) is 4.82. The molecule has 1 aliphatic rings. The molecule has 4 rings (SSSR count). The summed E-state index contributed by atoms with van der Waals surface area (Å²) in [5.74, 6) is 0.156. The van der Waals surface area contributed by atoms with Crippen molar-refractivity contribution in [3.63, 3.8) is 0 Å². The molecule has 1 aliphatic heterocycles. The summed E-state index contributed by atoms with van der Waals surface area (Å²) in [7, 11) is 2.05. The van der Waals surface area contributed by atoms with Crippen LogP contribution in [0.3, 0.4) is 0 Å². The summed E-state index contributed by atoms with van der Waals surface area (Å²) < 4.78 is 5.37. The molecule has 0 fully saturated rings. The van der Waals surface area contributed by atoms with Gasteiger partial charge in [-0.05, 0) is 18.6 Å². The van der Waals surface area contributed by atoms with E-state index < -0.39 is 0 Å². The molecule has 0 aliphatic carbocycles. The summed E-state index contributed by atoms with van der Waals surface area (Å²) in [5, 5.41) is 4.08. The number of likely N-dealkylation sites (N-methyl/N-ethyl adjacent to an activating group) is 1. The first-order valence-electron chi connectivity index (χ1n) is 8.74. The molecule has 1 aromatic heterocycles. The Morgan fingerprint density at radius 3 is 2.65 bits per heavy atom. The lowest BCUT2D eigenvalue weighted by Crippen LogP contribution is -2.34. The SMILES string of the molecule is Cc1ccc(-c2cc(C(=O)N3CCN(C)c4ccccc4C3)on2)cc1. The van der Waals surface area contributed by atoms with Crippen LogP contribution >= 0.6 is 0 Å². The fraction of sp³-hybridized carbons (Fsp3) is 0.238. The molecule has 0 atom stereocenters. The lowest BCUT2D eigenvalue weighted by atomic mass is 10.1.